The molecule has 0 aromatic carbocycles. The Morgan fingerprint density at radius 2 is 2.50 bits per heavy atom. The van der Waals surface area contributed by atoms with Crippen LogP contribution in [0.15, 0.2) is 22.8 Å². The standard InChI is InChI=1S/C9H12O2S/c1-2-4-9(12)11-7-8-5-3-6-10-8/h3,5-6H,2,4,7H2,1H3. The molecule has 0 aliphatic heterocycles. The molecule has 0 unspecified atom stereocenters. The lowest BCUT2D eigenvalue weighted by Crippen LogP contribution is -2.00. The van der Waals surface area contributed by atoms with E-state index in [1.807, 2.05) is 12.1 Å². The van der Waals surface area contributed by atoms with Gasteiger partial charge in [0.1, 0.15) is 12.4 Å². The van der Waals surface area contributed by atoms with Crippen molar-refractivity contribution in [3.63, 3.8) is 0 Å². The van der Waals surface area contributed by atoms with Gasteiger partial charge in [-0.15, -0.1) is 0 Å². The molecule has 1 rings (SSSR count). The van der Waals surface area contributed by atoms with Crippen LogP contribution in [0.25, 0.3) is 0 Å². The molecule has 12 heavy (non-hydrogen) atoms. The van der Waals surface area contributed by atoms with E-state index in [4.69, 9.17) is 21.4 Å². The van der Waals surface area contributed by atoms with Gasteiger partial charge in [-0.25, -0.2) is 0 Å². The molecule has 3 heteroatoms. The van der Waals surface area contributed by atoms with E-state index in [2.05, 4.69) is 6.92 Å². The summed E-state index contributed by atoms with van der Waals surface area (Å²) in [6, 6.07) is 3.70. The van der Waals surface area contributed by atoms with Crippen molar-refractivity contribution in [2.45, 2.75) is 26.4 Å². The second-order valence-electron chi connectivity index (χ2n) is 2.49. The second-order valence-corrected chi connectivity index (χ2v) is 2.95. The molecule has 1 heterocycles. The highest BCUT2D eigenvalue weighted by molar-refractivity contribution is 7.80. The molecule has 2 nitrogen and oxygen atoms in total. The number of thiocarbonyl (C=S) groups is 1. The van der Waals surface area contributed by atoms with Crippen molar-refractivity contribution in [1.29, 1.82) is 0 Å². The summed E-state index contributed by atoms with van der Waals surface area (Å²) in [6.45, 7) is 2.52. The van der Waals surface area contributed by atoms with Crippen molar-refractivity contribution in [1.82, 2.24) is 0 Å². The minimum atomic E-state index is 0.450. The van der Waals surface area contributed by atoms with Gasteiger partial charge in [0, 0.05) is 6.42 Å². The van der Waals surface area contributed by atoms with Crippen LogP contribution in [-0.4, -0.2) is 5.05 Å². The van der Waals surface area contributed by atoms with E-state index >= 15 is 0 Å². The number of rotatable bonds is 4. The molecule has 0 saturated heterocycles. The molecule has 0 N–H and O–H groups in total. The van der Waals surface area contributed by atoms with E-state index in [0.29, 0.717) is 11.7 Å². The van der Waals surface area contributed by atoms with Crippen LogP contribution in [0.2, 0.25) is 0 Å². The van der Waals surface area contributed by atoms with Crippen molar-refractivity contribution in [3.8, 4) is 0 Å². The lowest BCUT2D eigenvalue weighted by molar-refractivity contribution is 0.258. The number of ether oxygens (including phenoxy) is 1. The van der Waals surface area contributed by atoms with Gasteiger partial charge in [-0.2, -0.15) is 0 Å². The zero-order valence-electron chi connectivity index (χ0n) is 7.08. The average Bonchev–Trinajstić information content (AvgIpc) is 2.53. The van der Waals surface area contributed by atoms with Gasteiger partial charge in [-0.1, -0.05) is 6.92 Å². The summed E-state index contributed by atoms with van der Waals surface area (Å²) >= 11 is 4.96. The van der Waals surface area contributed by atoms with E-state index in [9.17, 15) is 0 Å². The molecule has 1 aromatic heterocycles. The normalized spacial score (nSPS) is 9.75. The molecule has 0 atom stereocenters. The van der Waals surface area contributed by atoms with Gasteiger partial charge in [0.2, 0.25) is 0 Å². The fourth-order valence-electron chi connectivity index (χ4n) is 0.823. The summed E-state index contributed by atoms with van der Waals surface area (Å²) in [5.41, 5.74) is 0. The lowest BCUT2D eigenvalue weighted by atomic mass is 10.4. The second kappa shape index (κ2) is 4.93. The van der Waals surface area contributed by atoms with Crippen LogP contribution in [-0.2, 0) is 11.3 Å². The SMILES string of the molecule is CCCC(=S)OCc1ccco1. The Morgan fingerprint density at radius 3 is 3.08 bits per heavy atom. The third-order valence-electron chi connectivity index (χ3n) is 1.41. The summed E-state index contributed by atoms with van der Waals surface area (Å²) in [4.78, 5) is 0. The molecule has 66 valence electrons. The minimum Gasteiger partial charge on any atom is -0.479 e. The molecule has 0 bridgehead atoms. The first kappa shape index (κ1) is 9.26. The Bertz CT molecular complexity index is 229. The maximum Gasteiger partial charge on any atom is 0.160 e. The van der Waals surface area contributed by atoms with Crippen LogP contribution in [0.3, 0.4) is 0 Å². The van der Waals surface area contributed by atoms with E-state index < -0.39 is 0 Å². The van der Waals surface area contributed by atoms with Gasteiger partial charge in [0.15, 0.2) is 5.05 Å². The predicted molar refractivity (Wildman–Crippen MR) is 51.0 cm³/mol. The average molecular weight is 184 g/mol. The zero-order chi connectivity index (χ0) is 8.81. The molecule has 0 saturated carbocycles. The third kappa shape index (κ3) is 3.05. The summed E-state index contributed by atoms with van der Waals surface area (Å²) in [5, 5.41) is 0.661. The third-order valence-corrected chi connectivity index (χ3v) is 1.73. The molecule has 0 amide bonds. The van der Waals surface area contributed by atoms with Crippen LogP contribution in [0.5, 0.6) is 0 Å². The maximum atomic E-state index is 5.26. The monoisotopic (exact) mass is 184 g/mol. The van der Waals surface area contributed by atoms with Crippen molar-refractivity contribution >= 4 is 17.3 Å². The van der Waals surface area contributed by atoms with E-state index in [1.165, 1.54) is 0 Å². The quantitative estimate of drug-likeness (QED) is 0.672. The topological polar surface area (TPSA) is 22.4 Å². The summed E-state index contributed by atoms with van der Waals surface area (Å²) in [5.74, 6) is 0.813. The number of furan rings is 1. The highest BCUT2D eigenvalue weighted by Gasteiger charge is 1.98. The molecule has 0 spiro atoms. The first-order valence-electron chi connectivity index (χ1n) is 4.01. The highest BCUT2D eigenvalue weighted by Crippen LogP contribution is 2.04. The molecule has 0 radical (unpaired) electrons. The lowest BCUT2D eigenvalue weighted by Gasteiger charge is -2.03. The van der Waals surface area contributed by atoms with Gasteiger partial charge >= 0.3 is 0 Å². The minimum absolute atomic E-state index is 0.450. The summed E-state index contributed by atoms with van der Waals surface area (Å²) in [7, 11) is 0. The Hall–Kier alpha value is -0.830. The van der Waals surface area contributed by atoms with Crippen LogP contribution >= 0.6 is 12.2 Å². The zero-order valence-corrected chi connectivity index (χ0v) is 7.89. The van der Waals surface area contributed by atoms with E-state index in [0.717, 1.165) is 18.6 Å². The Kier molecular flexibility index (Phi) is 3.80. The van der Waals surface area contributed by atoms with E-state index in [-0.39, 0.29) is 0 Å². The Morgan fingerprint density at radius 1 is 1.67 bits per heavy atom. The fourth-order valence-corrected chi connectivity index (χ4v) is 1.09. The largest absolute Gasteiger partial charge is 0.479 e. The summed E-state index contributed by atoms with van der Waals surface area (Å²) < 4.78 is 10.3. The van der Waals surface area contributed by atoms with E-state index in [1.54, 1.807) is 6.26 Å². The first-order valence-corrected chi connectivity index (χ1v) is 4.41. The first-order chi connectivity index (χ1) is 5.83. The molecular weight excluding hydrogens is 172 g/mol. The van der Waals surface area contributed by atoms with Crippen LogP contribution in [0.4, 0.5) is 0 Å². The molecule has 0 aliphatic carbocycles. The fraction of sp³-hybridized carbons (Fsp3) is 0.444. The van der Waals surface area contributed by atoms with Crippen molar-refractivity contribution in [2.24, 2.45) is 0 Å². The Balaban J connectivity index is 2.22. The molecular formula is C9H12O2S. The van der Waals surface area contributed by atoms with Crippen LogP contribution in [0, 0.1) is 0 Å². The van der Waals surface area contributed by atoms with Crippen LogP contribution < -0.4 is 0 Å². The van der Waals surface area contributed by atoms with Crippen LogP contribution in [0.1, 0.15) is 25.5 Å². The highest BCUT2D eigenvalue weighted by atomic mass is 32.1. The molecule has 0 fully saturated rings. The molecule has 1 aromatic rings. The van der Waals surface area contributed by atoms with Gasteiger partial charge in [-0.05, 0) is 30.8 Å². The smallest absolute Gasteiger partial charge is 0.160 e. The predicted octanol–water partition coefficient (Wildman–Crippen LogP) is 2.92. The Labute approximate surface area is 77.5 Å². The van der Waals surface area contributed by atoms with Crippen molar-refractivity contribution < 1.29 is 9.15 Å². The molecule has 0 aliphatic rings. The van der Waals surface area contributed by atoms with Gasteiger partial charge < -0.3 is 9.15 Å². The van der Waals surface area contributed by atoms with Gasteiger partial charge in [0.25, 0.3) is 0 Å². The van der Waals surface area contributed by atoms with Gasteiger partial charge in [-0.3, -0.25) is 0 Å². The van der Waals surface area contributed by atoms with Crippen molar-refractivity contribution in [3.05, 3.63) is 24.2 Å². The van der Waals surface area contributed by atoms with Gasteiger partial charge in [0.05, 0.1) is 6.26 Å². The van der Waals surface area contributed by atoms with Crippen molar-refractivity contribution in [2.75, 3.05) is 0 Å². The number of hydrogen-bond donors (Lipinski definition) is 0. The maximum absolute atomic E-state index is 5.26. The summed E-state index contributed by atoms with van der Waals surface area (Å²) in [6.07, 6.45) is 3.49. The number of hydrogen-bond acceptors (Lipinski definition) is 3.